The van der Waals surface area contributed by atoms with Gasteiger partial charge in [-0.3, -0.25) is 15.0 Å². The third kappa shape index (κ3) is 5.64. The molecule has 1 amide bonds. The number of hydrogen-bond acceptors (Lipinski definition) is 6. The lowest BCUT2D eigenvalue weighted by atomic mass is 10.1. The highest BCUT2D eigenvalue weighted by atomic mass is 35.5. The Kier molecular flexibility index (Phi) is 7.24. The predicted octanol–water partition coefficient (Wildman–Crippen LogP) is 5.69. The van der Waals surface area contributed by atoms with Crippen molar-refractivity contribution in [2.24, 2.45) is 0 Å². The molecule has 0 saturated carbocycles. The fraction of sp³-hybridized carbons (Fsp3) is 0.130. The second kappa shape index (κ2) is 10.1. The number of nitro benzene ring substituents is 1. The second-order valence-corrected chi connectivity index (χ2v) is 7.34. The van der Waals surface area contributed by atoms with E-state index in [-0.39, 0.29) is 29.1 Å². The van der Waals surface area contributed by atoms with Crippen molar-refractivity contribution in [2.45, 2.75) is 13.5 Å². The van der Waals surface area contributed by atoms with E-state index in [2.05, 4.69) is 4.74 Å². The monoisotopic (exact) mass is 472 g/mol. The number of halogens is 2. The van der Waals surface area contributed by atoms with Gasteiger partial charge < -0.3 is 9.47 Å². The summed E-state index contributed by atoms with van der Waals surface area (Å²) in [5, 5.41) is 11.2. The maximum atomic E-state index is 14.7. The van der Waals surface area contributed by atoms with Crippen molar-refractivity contribution in [3.63, 3.8) is 0 Å². The van der Waals surface area contributed by atoms with Crippen molar-refractivity contribution in [3.8, 4) is 5.75 Å². The Morgan fingerprint density at radius 2 is 1.79 bits per heavy atom. The number of amides is 1. The van der Waals surface area contributed by atoms with Crippen molar-refractivity contribution >= 4 is 35.0 Å². The number of aryl methyl sites for hydroxylation is 1. The van der Waals surface area contributed by atoms with Gasteiger partial charge in [0.15, 0.2) is 0 Å². The minimum Gasteiger partial charge on any atom is -0.465 e. The van der Waals surface area contributed by atoms with Crippen molar-refractivity contribution in [1.29, 1.82) is 0 Å². The molecule has 0 heterocycles. The highest BCUT2D eigenvalue weighted by Gasteiger charge is 2.22. The largest absolute Gasteiger partial charge is 0.465 e. The molecule has 170 valence electrons. The molecule has 8 nitrogen and oxygen atoms in total. The Morgan fingerprint density at radius 3 is 2.36 bits per heavy atom. The first kappa shape index (κ1) is 23.7. The molecule has 3 aromatic carbocycles. The molecule has 10 heteroatoms. The molecule has 0 fully saturated rings. The molecule has 0 saturated heterocycles. The van der Waals surface area contributed by atoms with Gasteiger partial charge in [0, 0.05) is 28.4 Å². The standard InChI is InChI=1S/C23H18ClFN2O6/c1-14-3-6-18(12-20(14)24)26(13-16-5-4-15(11-21(16)25)22(28)32-2)23(29)33-19-9-7-17(8-10-19)27(30)31/h3-12H,13H2,1-2H3. The van der Waals surface area contributed by atoms with Crippen LogP contribution in [0.15, 0.2) is 60.7 Å². The minimum atomic E-state index is -0.861. The van der Waals surface area contributed by atoms with E-state index in [9.17, 15) is 24.1 Å². The third-order valence-electron chi connectivity index (χ3n) is 4.74. The Hall–Kier alpha value is -3.98. The number of rotatable bonds is 6. The van der Waals surface area contributed by atoms with Crippen molar-refractivity contribution < 1.29 is 28.4 Å². The van der Waals surface area contributed by atoms with Crippen LogP contribution in [0.2, 0.25) is 5.02 Å². The zero-order valence-electron chi connectivity index (χ0n) is 17.6. The first-order chi connectivity index (χ1) is 15.7. The Morgan fingerprint density at radius 1 is 1.09 bits per heavy atom. The van der Waals surface area contributed by atoms with E-state index in [4.69, 9.17) is 16.3 Å². The lowest BCUT2D eigenvalue weighted by molar-refractivity contribution is -0.384. The maximum absolute atomic E-state index is 14.7. The fourth-order valence-electron chi connectivity index (χ4n) is 2.89. The predicted molar refractivity (Wildman–Crippen MR) is 119 cm³/mol. The number of carbonyl (C=O) groups is 2. The molecule has 0 atom stereocenters. The summed E-state index contributed by atoms with van der Waals surface area (Å²) in [6.07, 6.45) is -0.861. The van der Waals surface area contributed by atoms with Crippen LogP contribution in [0.4, 0.5) is 20.6 Å². The number of non-ortho nitro benzene ring substituents is 1. The summed E-state index contributed by atoms with van der Waals surface area (Å²) < 4.78 is 24.6. The Balaban J connectivity index is 1.92. The highest BCUT2D eigenvalue weighted by Crippen LogP contribution is 2.27. The van der Waals surface area contributed by atoms with Crippen LogP contribution in [-0.2, 0) is 11.3 Å². The molecule has 3 aromatic rings. The SMILES string of the molecule is COC(=O)c1ccc(CN(C(=O)Oc2ccc([N+](=O)[O-])cc2)c2ccc(C)c(Cl)c2)c(F)c1. The number of carbonyl (C=O) groups excluding carboxylic acids is 2. The molecule has 3 rings (SSSR count). The smallest absolute Gasteiger partial charge is 0.420 e. The van der Waals surface area contributed by atoms with Crippen molar-refractivity contribution in [3.05, 3.63) is 98.3 Å². The molecular formula is C23H18ClFN2O6. The van der Waals surface area contributed by atoms with Crippen LogP contribution in [-0.4, -0.2) is 24.1 Å². The number of methoxy groups -OCH3 is 1. The molecule has 0 bridgehead atoms. The lowest BCUT2D eigenvalue weighted by Gasteiger charge is -2.23. The molecule has 0 aromatic heterocycles. The van der Waals surface area contributed by atoms with Gasteiger partial charge in [0.05, 0.1) is 24.1 Å². The van der Waals surface area contributed by atoms with Crippen LogP contribution in [0, 0.1) is 22.9 Å². The maximum Gasteiger partial charge on any atom is 0.420 e. The molecular weight excluding hydrogens is 455 g/mol. The van der Waals surface area contributed by atoms with E-state index < -0.39 is 22.8 Å². The lowest BCUT2D eigenvalue weighted by Crippen LogP contribution is -2.33. The van der Waals surface area contributed by atoms with Crippen molar-refractivity contribution in [2.75, 3.05) is 12.0 Å². The number of hydrogen-bond donors (Lipinski definition) is 0. The van der Waals surface area contributed by atoms with Crippen molar-refractivity contribution in [1.82, 2.24) is 0 Å². The molecule has 0 unspecified atom stereocenters. The molecule has 0 N–H and O–H groups in total. The van der Waals surface area contributed by atoms with E-state index in [1.165, 1.54) is 49.6 Å². The van der Waals surface area contributed by atoms with Crippen LogP contribution in [0.3, 0.4) is 0 Å². The summed E-state index contributed by atoms with van der Waals surface area (Å²) in [7, 11) is 1.19. The van der Waals surface area contributed by atoms with Gasteiger partial charge in [0.25, 0.3) is 5.69 Å². The normalized spacial score (nSPS) is 10.4. The van der Waals surface area contributed by atoms with Gasteiger partial charge in [0.1, 0.15) is 11.6 Å². The summed E-state index contributed by atoms with van der Waals surface area (Å²) in [4.78, 5) is 36.0. The van der Waals surface area contributed by atoms with Gasteiger partial charge in [-0.1, -0.05) is 23.7 Å². The number of nitrogens with zero attached hydrogens (tertiary/aromatic N) is 2. The van der Waals surface area contributed by atoms with Gasteiger partial charge in [-0.05, 0) is 48.9 Å². The highest BCUT2D eigenvalue weighted by molar-refractivity contribution is 6.31. The van der Waals surface area contributed by atoms with Crippen LogP contribution in [0.1, 0.15) is 21.5 Å². The van der Waals surface area contributed by atoms with Gasteiger partial charge in [-0.2, -0.15) is 0 Å². The van der Waals surface area contributed by atoms with E-state index in [0.29, 0.717) is 10.7 Å². The summed E-state index contributed by atoms with van der Waals surface area (Å²) in [5.74, 6) is -1.35. The van der Waals surface area contributed by atoms with Gasteiger partial charge >= 0.3 is 12.1 Å². The zero-order valence-corrected chi connectivity index (χ0v) is 18.3. The van der Waals surface area contributed by atoms with Crippen LogP contribution in [0.25, 0.3) is 0 Å². The van der Waals surface area contributed by atoms with E-state index in [0.717, 1.165) is 16.5 Å². The first-order valence-corrected chi connectivity index (χ1v) is 9.94. The zero-order chi connectivity index (χ0) is 24.1. The van der Waals surface area contributed by atoms with Crippen LogP contribution < -0.4 is 9.64 Å². The number of benzene rings is 3. The molecule has 0 radical (unpaired) electrons. The van der Waals surface area contributed by atoms with Gasteiger partial charge in [-0.25, -0.2) is 14.0 Å². The quantitative estimate of drug-likeness (QED) is 0.259. The summed E-state index contributed by atoms with van der Waals surface area (Å²) in [5.41, 5.74) is 1.09. The average Bonchev–Trinajstić information content (AvgIpc) is 2.79. The van der Waals surface area contributed by atoms with Crippen LogP contribution >= 0.6 is 11.6 Å². The molecule has 33 heavy (non-hydrogen) atoms. The fourth-order valence-corrected chi connectivity index (χ4v) is 3.07. The van der Waals surface area contributed by atoms with E-state index >= 15 is 0 Å². The van der Waals surface area contributed by atoms with E-state index in [1.807, 2.05) is 0 Å². The van der Waals surface area contributed by atoms with Crippen LogP contribution in [0.5, 0.6) is 5.75 Å². The second-order valence-electron chi connectivity index (χ2n) is 6.94. The summed E-state index contributed by atoms with van der Waals surface area (Å²) >= 11 is 6.21. The Bertz CT molecular complexity index is 1220. The van der Waals surface area contributed by atoms with Gasteiger partial charge in [0.2, 0.25) is 0 Å². The third-order valence-corrected chi connectivity index (χ3v) is 5.15. The minimum absolute atomic E-state index is 0.0251. The average molecular weight is 473 g/mol. The molecule has 0 aliphatic carbocycles. The number of nitro groups is 1. The molecule has 0 aliphatic rings. The topological polar surface area (TPSA) is 99.0 Å². The first-order valence-electron chi connectivity index (χ1n) is 9.56. The number of ether oxygens (including phenoxy) is 2. The number of anilines is 1. The number of esters is 1. The molecule has 0 aliphatic heterocycles. The van der Waals surface area contributed by atoms with E-state index in [1.54, 1.807) is 19.1 Å². The summed E-state index contributed by atoms with van der Waals surface area (Å²) in [6.45, 7) is 1.55. The van der Waals surface area contributed by atoms with Gasteiger partial charge in [-0.15, -0.1) is 0 Å². The molecule has 0 spiro atoms. The summed E-state index contributed by atoms with van der Waals surface area (Å²) in [6, 6.07) is 13.6. The Labute approximate surface area is 193 Å².